The van der Waals surface area contributed by atoms with Crippen molar-refractivity contribution in [1.82, 2.24) is 9.55 Å². The number of nitrogens with one attached hydrogen (secondary N) is 1. The number of fused-ring (bicyclic) bond motifs is 1. The summed E-state index contributed by atoms with van der Waals surface area (Å²) >= 11 is 0. The van der Waals surface area contributed by atoms with Gasteiger partial charge in [0.05, 0.1) is 6.54 Å². The number of aromatic amines is 1. The third-order valence-corrected chi connectivity index (χ3v) is 3.96. The first-order valence-corrected chi connectivity index (χ1v) is 8.00. The van der Waals surface area contributed by atoms with Crippen LogP contribution >= 0.6 is 0 Å². The van der Waals surface area contributed by atoms with Crippen LogP contribution in [-0.4, -0.2) is 22.4 Å². The standard InChI is InChI=1S/C18H17N3O5/c1-3-11-9-14(22)26-16-15(11)17(23)21(18(24)19-16)10-13(20-25-2)12-7-5-4-6-8-12/h4-9H,3,10H2,1-2H3,(H,19,24). The third kappa shape index (κ3) is 3.21. The van der Waals surface area contributed by atoms with E-state index in [9.17, 15) is 14.4 Å². The fraction of sp³-hybridized carbons (Fsp3) is 0.222. The number of aromatic nitrogens is 2. The Labute approximate surface area is 147 Å². The van der Waals surface area contributed by atoms with E-state index in [-0.39, 0.29) is 17.6 Å². The van der Waals surface area contributed by atoms with E-state index in [1.165, 1.54) is 13.2 Å². The summed E-state index contributed by atoms with van der Waals surface area (Å²) in [6.45, 7) is 1.72. The molecule has 8 heteroatoms. The lowest BCUT2D eigenvalue weighted by atomic mass is 10.1. The second-order valence-electron chi connectivity index (χ2n) is 5.56. The molecule has 0 atom stereocenters. The Balaban J connectivity index is 2.21. The number of rotatable bonds is 5. The van der Waals surface area contributed by atoms with E-state index in [1.807, 2.05) is 25.1 Å². The summed E-state index contributed by atoms with van der Waals surface area (Å²) in [5.74, 6) is 0. The van der Waals surface area contributed by atoms with Crippen LogP contribution in [0.5, 0.6) is 0 Å². The lowest BCUT2D eigenvalue weighted by Gasteiger charge is -2.10. The number of aryl methyl sites for hydroxylation is 1. The molecule has 3 aromatic rings. The van der Waals surface area contributed by atoms with Crippen molar-refractivity contribution in [2.45, 2.75) is 19.9 Å². The molecule has 0 aliphatic heterocycles. The molecule has 0 aliphatic carbocycles. The first kappa shape index (κ1) is 17.4. The van der Waals surface area contributed by atoms with Crippen molar-refractivity contribution < 1.29 is 9.25 Å². The molecule has 2 heterocycles. The smallest absolute Gasteiger partial charge is 0.337 e. The maximum absolute atomic E-state index is 12.9. The minimum atomic E-state index is -0.696. The highest BCUT2D eigenvalue weighted by molar-refractivity contribution is 6.00. The topological polar surface area (TPSA) is 107 Å². The first-order chi connectivity index (χ1) is 12.5. The van der Waals surface area contributed by atoms with E-state index in [0.29, 0.717) is 17.7 Å². The fourth-order valence-corrected chi connectivity index (χ4v) is 2.74. The number of oxime groups is 1. The first-order valence-electron chi connectivity index (χ1n) is 8.00. The maximum Gasteiger partial charge on any atom is 0.337 e. The van der Waals surface area contributed by atoms with Gasteiger partial charge in [0, 0.05) is 11.6 Å². The van der Waals surface area contributed by atoms with Crippen molar-refractivity contribution in [2.75, 3.05) is 7.11 Å². The zero-order chi connectivity index (χ0) is 18.7. The van der Waals surface area contributed by atoms with Gasteiger partial charge in [-0.15, -0.1) is 0 Å². The van der Waals surface area contributed by atoms with Crippen LogP contribution in [0.15, 0.2) is 60.4 Å². The summed E-state index contributed by atoms with van der Waals surface area (Å²) < 4.78 is 5.98. The van der Waals surface area contributed by atoms with Gasteiger partial charge in [-0.1, -0.05) is 42.4 Å². The molecule has 0 aliphatic rings. The molecule has 0 bridgehead atoms. The van der Waals surface area contributed by atoms with Crippen LogP contribution in [0.1, 0.15) is 18.1 Å². The molecule has 134 valence electrons. The number of benzene rings is 1. The third-order valence-electron chi connectivity index (χ3n) is 3.96. The van der Waals surface area contributed by atoms with Crippen molar-refractivity contribution in [3.63, 3.8) is 0 Å². The number of H-pyrrole nitrogens is 1. The van der Waals surface area contributed by atoms with Gasteiger partial charge in [0.25, 0.3) is 5.56 Å². The molecular formula is C18H17N3O5. The minimum Gasteiger partial charge on any atom is -0.405 e. The Morgan fingerprint density at radius 1 is 1.23 bits per heavy atom. The van der Waals surface area contributed by atoms with Crippen LogP contribution in [0.3, 0.4) is 0 Å². The average Bonchev–Trinajstić information content (AvgIpc) is 2.63. The second-order valence-corrected chi connectivity index (χ2v) is 5.56. The molecule has 0 radical (unpaired) electrons. The van der Waals surface area contributed by atoms with Gasteiger partial charge in [-0.05, 0) is 12.0 Å². The molecule has 0 spiro atoms. The van der Waals surface area contributed by atoms with Gasteiger partial charge < -0.3 is 9.25 Å². The van der Waals surface area contributed by atoms with Crippen LogP contribution in [0.25, 0.3) is 11.1 Å². The predicted molar refractivity (Wildman–Crippen MR) is 96.7 cm³/mol. The van der Waals surface area contributed by atoms with Crippen LogP contribution in [0.2, 0.25) is 0 Å². The molecule has 0 fully saturated rings. The molecule has 3 rings (SSSR count). The zero-order valence-electron chi connectivity index (χ0n) is 14.3. The van der Waals surface area contributed by atoms with Gasteiger partial charge in [0.2, 0.25) is 5.71 Å². The van der Waals surface area contributed by atoms with Gasteiger partial charge in [0.1, 0.15) is 18.2 Å². The summed E-state index contributed by atoms with van der Waals surface area (Å²) in [5, 5.41) is 4.12. The Bertz CT molecular complexity index is 1140. The summed E-state index contributed by atoms with van der Waals surface area (Å²) in [6.07, 6.45) is 0.446. The van der Waals surface area contributed by atoms with Gasteiger partial charge in [0.15, 0.2) is 0 Å². The SMILES string of the molecule is CCc1cc(=O)oc2[nH]c(=O)n(CC(=NOC)c3ccccc3)c(=O)c12. The molecule has 0 saturated heterocycles. The zero-order valence-corrected chi connectivity index (χ0v) is 14.3. The molecule has 2 aromatic heterocycles. The second kappa shape index (κ2) is 7.22. The Kier molecular flexibility index (Phi) is 4.83. The van der Waals surface area contributed by atoms with Gasteiger partial charge in [-0.25, -0.2) is 9.59 Å². The molecule has 0 unspecified atom stereocenters. The molecule has 0 amide bonds. The number of nitrogens with zero attached hydrogens (tertiary/aromatic N) is 2. The lowest BCUT2D eigenvalue weighted by Crippen LogP contribution is -2.38. The Hall–Kier alpha value is -3.42. The minimum absolute atomic E-state index is 0.0930. The molecule has 1 aromatic carbocycles. The quantitative estimate of drug-likeness (QED) is 0.548. The van der Waals surface area contributed by atoms with Crippen molar-refractivity contribution in [3.8, 4) is 0 Å². The molecule has 0 saturated carbocycles. The van der Waals surface area contributed by atoms with E-state index >= 15 is 0 Å². The Morgan fingerprint density at radius 2 is 1.96 bits per heavy atom. The highest BCUT2D eigenvalue weighted by atomic mass is 16.6. The van der Waals surface area contributed by atoms with Crippen molar-refractivity contribution in [3.05, 3.63) is 78.8 Å². The highest BCUT2D eigenvalue weighted by Gasteiger charge is 2.16. The van der Waals surface area contributed by atoms with Gasteiger partial charge >= 0.3 is 11.3 Å². The summed E-state index contributed by atoms with van der Waals surface area (Å²) in [5.41, 5.74) is -0.343. The van der Waals surface area contributed by atoms with Crippen LogP contribution < -0.4 is 16.9 Å². The number of hydrogen-bond donors (Lipinski definition) is 1. The van der Waals surface area contributed by atoms with E-state index in [2.05, 4.69) is 10.1 Å². The molecule has 26 heavy (non-hydrogen) atoms. The van der Waals surface area contributed by atoms with E-state index in [0.717, 1.165) is 10.1 Å². The normalized spacial score (nSPS) is 11.7. The monoisotopic (exact) mass is 355 g/mol. The highest BCUT2D eigenvalue weighted by Crippen LogP contribution is 2.10. The van der Waals surface area contributed by atoms with E-state index in [4.69, 9.17) is 9.25 Å². The van der Waals surface area contributed by atoms with Crippen molar-refractivity contribution >= 4 is 16.8 Å². The lowest BCUT2D eigenvalue weighted by molar-refractivity contribution is 0.212. The number of hydrogen-bond acceptors (Lipinski definition) is 6. The summed E-state index contributed by atoms with van der Waals surface area (Å²) in [6, 6.07) is 10.3. The van der Waals surface area contributed by atoms with Crippen LogP contribution in [0, 0.1) is 0 Å². The summed E-state index contributed by atoms with van der Waals surface area (Å²) in [7, 11) is 1.39. The fourth-order valence-electron chi connectivity index (χ4n) is 2.74. The van der Waals surface area contributed by atoms with E-state index in [1.54, 1.807) is 12.1 Å². The molecule has 8 nitrogen and oxygen atoms in total. The largest absolute Gasteiger partial charge is 0.405 e. The van der Waals surface area contributed by atoms with Crippen LogP contribution in [0.4, 0.5) is 0 Å². The van der Waals surface area contributed by atoms with Crippen molar-refractivity contribution in [1.29, 1.82) is 0 Å². The molecule has 1 N–H and O–H groups in total. The van der Waals surface area contributed by atoms with Crippen LogP contribution in [-0.2, 0) is 17.8 Å². The maximum atomic E-state index is 12.9. The van der Waals surface area contributed by atoms with Crippen molar-refractivity contribution in [2.24, 2.45) is 5.16 Å². The van der Waals surface area contributed by atoms with E-state index < -0.39 is 16.9 Å². The van der Waals surface area contributed by atoms with Gasteiger partial charge in [-0.3, -0.25) is 14.3 Å². The predicted octanol–water partition coefficient (Wildman–Crippen LogP) is 1.26. The Morgan fingerprint density at radius 3 is 2.62 bits per heavy atom. The summed E-state index contributed by atoms with van der Waals surface area (Å²) in [4.78, 5) is 44.2. The average molecular weight is 355 g/mol. The van der Waals surface area contributed by atoms with Gasteiger partial charge in [-0.2, -0.15) is 0 Å². The molecular weight excluding hydrogens is 338 g/mol.